The highest BCUT2D eigenvalue weighted by Crippen LogP contribution is 2.31. The molecule has 0 spiro atoms. The SMILES string of the molecule is C=CCCC(=N)c1ccc2c(c1)c1cc(C(=O)c3ccccc3C)ccc1n2CC. The molecule has 0 unspecified atom stereocenters. The molecular formula is C27H26N2O. The van der Waals surface area contributed by atoms with Gasteiger partial charge in [0.1, 0.15) is 0 Å². The topological polar surface area (TPSA) is 45.9 Å². The molecule has 0 fully saturated rings. The first kappa shape index (κ1) is 19.8. The van der Waals surface area contributed by atoms with Gasteiger partial charge in [0.15, 0.2) is 5.78 Å². The van der Waals surface area contributed by atoms with Gasteiger partial charge in [-0.05, 0) is 68.1 Å². The van der Waals surface area contributed by atoms with E-state index in [0.717, 1.165) is 51.5 Å². The van der Waals surface area contributed by atoms with E-state index in [1.54, 1.807) is 0 Å². The predicted molar refractivity (Wildman–Crippen MR) is 126 cm³/mol. The average Bonchev–Trinajstić information content (AvgIpc) is 3.09. The minimum atomic E-state index is 0.0438. The number of nitrogens with zero attached hydrogens (tertiary/aromatic N) is 1. The Morgan fingerprint density at radius 1 is 1.00 bits per heavy atom. The molecule has 0 amide bonds. The van der Waals surface area contributed by atoms with Gasteiger partial charge in [-0.2, -0.15) is 0 Å². The van der Waals surface area contributed by atoms with Crippen LogP contribution in [0, 0.1) is 12.3 Å². The number of nitrogens with one attached hydrogen (secondary N) is 1. The van der Waals surface area contributed by atoms with Gasteiger partial charge in [-0.1, -0.05) is 36.4 Å². The van der Waals surface area contributed by atoms with Crippen molar-refractivity contribution in [1.82, 2.24) is 4.57 Å². The number of hydrogen-bond donors (Lipinski definition) is 1. The summed E-state index contributed by atoms with van der Waals surface area (Å²) in [5, 5.41) is 10.6. The molecule has 0 radical (unpaired) electrons. The lowest BCUT2D eigenvalue weighted by Crippen LogP contribution is -2.03. The van der Waals surface area contributed by atoms with Crippen LogP contribution in [0.4, 0.5) is 0 Å². The first-order valence-electron chi connectivity index (χ1n) is 10.4. The lowest BCUT2D eigenvalue weighted by molar-refractivity contribution is 0.103. The normalized spacial score (nSPS) is 11.1. The Hall–Kier alpha value is -3.46. The first-order valence-corrected chi connectivity index (χ1v) is 10.4. The van der Waals surface area contributed by atoms with E-state index in [4.69, 9.17) is 5.41 Å². The molecule has 3 aromatic carbocycles. The molecule has 3 heteroatoms. The van der Waals surface area contributed by atoms with Gasteiger partial charge in [0, 0.05) is 45.2 Å². The van der Waals surface area contributed by atoms with E-state index in [1.165, 1.54) is 0 Å². The van der Waals surface area contributed by atoms with Crippen LogP contribution >= 0.6 is 0 Å². The van der Waals surface area contributed by atoms with Gasteiger partial charge in [0.2, 0.25) is 0 Å². The summed E-state index contributed by atoms with van der Waals surface area (Å²) in [6, 6.07) is 19.9. The maximum absolute atomic E-state index is 13.2. The van der Waals surface area contributed by atoms with Crippen molar-refractivity contribution in [2.24, 2.45) is 0 Å². The zero-order valence-electron chi connectivity index (χ0n) is 17.5. The Kier molecular flexibility index (Phi) is 5.37. The monoisotopic (exact) mass is 394 g/mol. The van der Waals surface area contributed by atoms with E-state index in [0.29, 0.717) is 17.7 Å². The first-order chi connectivity index (χ1) is 14.5. The van der Waals surface area contributed by atoms with Crippen LogP contribution < -0.4 is 0 Å². The molecular weight excluding hydrogens is 368 g/mol. The van der Waals surface area contributed by atoms with Crippen molar-refractivity contribution in [3.63, 3.8) is 0 Å². The average molecular weight is 395 g/mol. The Labute approximate surface area is 177 Å². The minimum Gasteiger partial charge on any atom is -0.341 e. The highest BCUT2D eigenvalue weighted by Gasteiger charge is 2.16. The van der Waals surface area contributed by atoms with Crippen LogP contribution in [-0.4, -0.2) is 16.1 Å². The molecule has 0 bridgehead atoms. The van der Waals surface area contributed by atoms with Gasteiger partial charge in [0.05, 0.1) is 0 Å². The Morgan fingerprint density at radius 3 is 2.27 bits per heavy atom. The summed E-state index contributed by atoms with van der Waals surface area (Å²) in [6.45, 7) is 8.70. The zero-order valence-corrected chi connectivity index (χ0v) is 17.5. The van der Waals surface area contributed by atoms with E-state index in [1.807, 2.05) is 61.5 Å². The molecule has 4 rings (SSSR count). The fourth-order valence-electron chi connectivity index (χ4n) is 4.15. The number of rotatable bonds is 7. The largest absolute Gasteiger partial charge is 0.341 e. The molecule has 1 N–H and O–H groups in total. The summed E-state index contributed by atoms with van der Waals surface area (Å²) in [5.41, 5.74) is 6.20. The molecule has 1 aromatic heterocycles. The molecule has 1 heterocycles. The fourth-order valence-corrected chi connectivity index (χ4v) is 4.15. The number of aryl methyl sites for hydroxylation is 2. The molecule has 3 nitrogen and oxygen atoms in total. The van der Waals surface area contributed by atoms with Crippen LogP contribution in [0.2, 0.25) is 0 Å². The van der Waals surface area contributed by atoms with Crippen molar-refractivity contribution < 1.29 is 4.79 Å². The van der Waals surface area contributed by atoms with Crippen LogP contribution in [0.15, 0.2) is 73.3 Å². The molecule has 30 heavy (non-hydrogen) atoms. The van der Waals surface area contributed by atoms with Gasteiger partial charge in [-0.3, -0.25) is 4.79 Å². The van der Waals surface area contributed by atoms with Gasteiger partial charge in [-0.15, -0.1) is 6.58 Å². The number of carbonyl (C=O) groups is 1. The maximum atomic E-state index is 13.2. The van der Waals surface area contributed by atoms with Crippen molar-refractivity contribution in [2.75, 3.05) is 0 Å². The second-order valence-electron chi connectivity index (χ2n) is 7.66. The van der Waals surface area contributed by atoms with Gasteiger partial charge >= 0.3 is 0 Å². The van der Waals surface area contributed by atoms with Crippen LogP contribution in [-0.2, 0) is 6.54 Å². The van der Waals surface area contributed by atoms with Crippen LogP contribution in [0.3, 0.4) is 0 Å². The molecule has 4 aromatic rings. The summed E-state index contributed by atoms with van der Waals surface area (Å²) in [5.74, 6) is 0.0438. The maximum Gasteiger partial charge on any atom is 0.193 e. The smallest absolute Gasteiger partial charge is 0.193 e. The van der Waals surface area contributed by atoms with E-state index in [9.17, 15) is 4.79 Å². The number of aromatic nitrogens is 1. The summed E-state index contributed by atoms with van der Waals surface area (Å²) in [7, 11) is 0. The summed E-state index contributed by atoms with van der Waals surface area (Å²) in [4.78, 5) is 13.2. The Balaban J connectivity index is 1.88. The Bertz CT molecular complexity index is 1290. The van der Waals surface area contributed by atoms with Crippen LogP contribution in [0.25, 0.3) is 21.8 Å². The van der Waals surface area contributed by atoms with Gasteiger partial charge in [0.25, 0.3) is 0 Å². The summed E-state index contributed by atoms with van der Waals surface area (Å²) in [6.07, 6.45) is 3.32. The molecule has 0 aliphatic carbocycles. The summed E-state index contributed by atoms with van der Waals surface area (Å²) < 4.78 is 2.27. The van der Waals surface area contributed by atoms with Crippen molar-refractivity contribution >= 4 is 33.3 Å². The van der Waals surface area contributed by atoms with E-state index < -0.39 is 0 Å². The Morgan fingerprint density at radius 2 is 1.63 bits per heavy atom. The quantitative estimate of drug-likeness (QED) is 0.212. The third-order valence-electron chi connectivity index (χ3n) is 5.78. The number of ketones is 1. The van der Waals surface area contributed by atoms with Gasteiger partial charge in [-0.25, -0.2) is 0 Å². The number of allylic oxidation sites excluding steroid dienone is 1. The van der Waals surface area contributed by atoms with E-state index in [2.05, 4.69) is 30.2 Å². The number of benzene rings is 3. The fraction of sp³-hybridized carbons (Fsp3) is 0.185. The lowest BCUT2D eigenvalue weighted by Gasteiger charge is -2.06. The van der Waals surface area contributed by atoms with E-state index in [-0.39, 0.29) is 5.78 Å². The van der Waals surface area contributed by atoms with Crippen LogP contribution in [0.1, 0.15) is 46.8 Å². The standard InChI is InChI=1S/C27H26N2O/c1-4-6-11-24(28)19-12-14-25-22(16-19)23-17-20(13-15-26(23)29(25)5-2)27(30)21-10-8-7-9-18(21)3/h4,7-10,12-17,28H,1,5-6,11H2,2-3H3. The minimum absolute atomic E-state index is 0.0438. The second-order valence-corrected chi connectivity index (χ2v) is 7.66. The van der Waals surface area contributed by atoms with E-state index >= 15 is 0 Å². The highest BCUT2D eigenvalue weighted by molar-refractivity contribution is 6.16. The molecule has 0 aliphatic rings. The van der Waals surface area contributed by atoms with Crippen molar-refractivity contribution in [3.05, 3.63) is 95.6 Å². The lowest BCUT2D eigenvalue weighted by atomic mass is 9.97. The molecule has 0 aliphatic heterocycles. The van der Waals surface area contributed by atoms with Crippen molar-refractivity contribution in [3.8, 4) is 0 Å². The van der Waals surface area contributed by atoms with Crippen molar-refractivity contribution in [1.29, 1.82) is 5.41 Å². The van der Waals surface area contributed by atoms with Crippen molar-refractivity contribution in [2.45, 2.75) is 33.2 Å². The third kappa shape index (κ3) is 3.37. The predicted octanol–water partition coefficient (Wildman–Crippen LogP) is 6.69. The zero-order chi connectivity index (χ0) is 21.3. The highest BCUT2D eigenvalue weighted by atomic mass is 16.1. The number of hydrogen-bond acceptors (Lipinski definition) is 2. The number of fused-ring (bicyclic) bond motifs is 3. The third-order valence-corrected chi connectivity index (χ3v) is 5.78. The summed E-state index contributed by atoms with van der Waals surface area (Å²) >= 11 is 0. The van der Waals surface area contributed by atoms with Crippen LogP contribution in [0.5, 0.6) is 0 Å². The molecule has 150 valence electrons. The molecule has 0 saturated heterocycles. The number of carbonyl (C=O) groups excluding carboxylic acids is 1. The molecule has 0 atom stereocenters. The van der Waals surface area contributed by atoms with Gasteiger partial charge < -0.3 is 9.98 Å². The second kappa shape index (κ2) is 8.11. The molecule has 0 saturated carbocycles.